The molecule has 0 bridgehead atoms. The average molecular weight is 282 g/mol. The summed E-state index contributed by atoms with van der Waals surface area (Å²) >= 11 is 5.77. The van der Waals surface area contributed by atoms with Crippen LogP contribution in [0.3, 0.4) is 0 Å². The monoisotopic (exact) mass is 281 g/mol. The van der Waals surface area contributed by atoms with Crippen molar-refractivity contribution in [3.05, 3.63) is 34.3 Å². The van der Waals surface area contributed by atoms with E-state index in [1.807, 2.05) is 0 Å². The van der Waals surface area contributed by atoms with Gasteiger partial charge in [-0.05, 0) is 23.8 Å². The lowest BCUT2D eigenvalue weighted by molar-refractivity contribution is -0.141. The summed E-state index contributed by atoms with van der Waals surface area (Å²) in [6, 6.07) is 1.87. The summed E-state index contributed by atoms with van der Waals surface area (Å²) in [5.41, 5.74) is 4.84. The number of hydrogen-bond donors (Lipinski definition) is 1. The topological polar surface area (TPSA) is 52.3 Å². The average Bonchev–Trinajstić information content (AvgIpc) is 2.27. The van der Waals surface area contributed by atoms with Crippen molar-refractivity contribution in [3.63, 3.8) is 0 Å². The molecule has 18 heavy (non-hydrogen) atoms. The number of rotatable bonds is 3. The number of carbonyl (C=O) groups is 1. The summed E-state index contributed by atoms with van der Waals surface area (Å²) in [5, 5.41) is 0.0828. The molecule has 0 saturated heterocycles. The van der Waals surface area contributed by atoms with E-state index in [4.69, 9.17) is 17.3 Å². The lowest BCUT2D eigenvalue weighted by atomic mass is 10.0. The lowest BCUT2D eigenvalue weighted by Gasteiger charge is -2.15. The highest BCUT2D eigenvalue weighted by atomic mass is 35.5. The molecule has 0 aliphatic rings. The van der Waals surface area contributed by atoms with Crippen LogP contribution in [-0.4, -0.2) is 13.1 Å². The largest absolute Gasteiger partial charge is 0.469 e. The second kappa shape index (κ2) is 5.58. The Morgan fingerprint density at radius 1 is 1.50 bits per heavy atom. The molecule has 0 heterocycles. The fourth-order valence-electron chi connectivity index (χ4n) is 1.38. The normalized spacial score (nSPS) is 13.2. The minimum Gasteiger partial charge on any atom is -0.469 e. The highest BCUT2D eigenvalue weighted by Gasteiger charge is 2.31. The Morgan fingerprint density at radius 3 is 2.61 bits per heavy atom. The molecule has 0 saturated carbocycles. The van der Waals surface area contributed by atoms with Crippen LogP contribution in [0.1, 0.15) is 23.6 Å². The molecule has 3 nitrogen and oxygen atoms in total. The van der Waals surface area contributed by atoms with Crippen molar-refractivity contribution in [1.82, 2.24) is 0 Å². The molecule has 0 aliphatic carbocycles. The number of methoxy groups -OCH3 is 1. The molecule has 1 aromatic carbocycles. The second-order valence-electron chi connectivity index (χ2n) is 3.62. The number of carbonyl (C=O) groups excluding carboxylic acids is 1. The highest BCUT2D eigenvalue weighted by Crippen LogP contribution is 2.33. The molecule has 1 unspecified atom stereocenters. The number of halogens is 4. The van der Waals surface area contributed by atoms with Crippen LogP contribution in [0.5, 0.6) is 0 Å². The van der Waals surface area contributed by atoms with Gasteiger partial charge in [0, 0.05) is 11.1 Å². The maximum Gasteiger partial charge on any atom is 0.416 e. The third-order valence-electron chi connectivity index (χ3n) is 2.34. The van der Waals surface area contributed by atoms with Crippen molar-refractivity contribution in [2.24, 2.45) is 5.73 Å². The number of nitrogens with two attached hydrogens (primary N) is 1. The minimum atomic E-state index is -4.48. The zero-order chi connectivity index (χ0) is 13.9. The molecule has 1 rings (SSSR count). The van der Waals surface area contributed by atoms with Gasteiger partial charge < -0.3 is 10.5 Å². The van der Waals surface area contributed by atoms with Crippen LogP contribution in [0.2, 0.25) is 5.02 Å². The van der Waals surface area contributed by atoms with Gasteiger partial charge in [-0.25, -0.2) is 0 Å². The van der Waals surface area contributed by atoms with Gasteiger partial charge in [-0.15, -0.1) is 0 Å². The highest BCUT2D eigenvalue weighted by molar-refractivity contribution is 6.31. The molecule has 0 fully saturated rings. The van der Waals surface area contributed by atoms with E-state index in [1.165, 1.54) is 7.11 Å². The predicted octanol–water partition coefficient (Wildman–Crippen LogP) is 2.92. The summed E-state index contributed by atoms with van der Waals surface area (Å²) in [7, 11) is 1.17. The smallest absolute Gasteiger partial charge is 0.416 e. The minimum absolute atomic E-state index is 0.0666. The van der Waals surface area contributed by atoms with Gasteiger partial charge in [0.05, 0.1) is 19.1 Å². The van der Waals surface area contributed by atoms with Crippen molar-refractivity contribution in [2.75, 3.05) is 7.11 Å². The van der Waals surface area contributed by atoms with Crippen LogP contribution in [-0.2, 0) is 15.7 Å². The Kier molecular flexibility index (Phi) is 4.59. The standard InChI is InChI=1S/C11H11ClF3NO2/c1-18-10(17)5-9(16)7-4-6(11(13,14)15)2-3-8(7)12/h2-4,9H,5,16H2,1H3. The van der Waals surface area contributed by atoms with E-state index in [-0.39, 0.29) is 17.0 Å². The van der Waals surface area contributed by atoms with Crippen LogP contribution in [0, 0.1) is 0 Å². The van der Waals surface area contributed by atoms with Crippen LogP contribution in [0.15, 0.2) is 18.2 Å². The van der Waals surface area contributed by atoms with E-state index in [0.29, 0.717) is 0 Å². The number of alkyl halides is 3. The van der Waals surface area contributed by atoms with E-state index in [9.17, 15) is 18.0 Å². The number of esters is 1. The van der Waals surface area contributed by atoms with Crippen LogP contribution in [0.25, 0.3) is 0 Å². The van der Waals surface area contributed by atoms with Crippen LogP contribution in [0.4, 0.5) is 13.2 Å². The number of hydrogen-bond acceptors (Lipinski definition) is 3. The second-order valence-corrected chi connectivity index (χ2v) is 4.03. The first-order valence-electron chi connectivity index (χ1n) is 4.94. The Bertz CT molecular complexity index is 448. The summed E-state index contributed by atoms with van der Waals surface area (Å²) in [4.78, 5) is 11.0. The van der Waals surface area contributed by atoms with Gasteiger partial charge in [0.1, 0.15) is 0 Å². The summed E-state index contributed by atoms with van der Waals surface area (Å²) < 4.78 is 41.9. The Morgan fingerprint density at radius 2 is 2.11 bits per heavy atom. The first-order chi connectivity index (χ1) is 8.25. The van der Waals surface area contributed by atoms with Gasteiger partial charge in [0.15, 0.2) is 0 Å². The summed E-state index contributed by atoms with van der Waals surface area (Å²) in [6.45, 7) is 0. The first-order valence-corrected chi connectivity index (χ1v) is 5.32. The Balaban J connectivity index is 3.04. The van der Waals surface area contributed by atoms with Gasteiger partial charge in [0.2, 0.25) is 0 Å². The molecule has 0 amide bonds. The lowest BCUT2D eigenvalue weighted by Crippen LogP contribution is -2.17. The molecule has 0 aromatic heterocycles. The fourth-order valence-corrected chi connectivity index (χ4v) is 1.63. The molecule has 0 radical (unpaired) electrons. The third-order valence-corrected chi connectivity index (χ3v) is 2.68. The maximum absolute atomic E-state index is 12.5. The van der Waals surface area contributed by atoms with Gasteiger partial charge in [-0.3, -0.25) is 4.79 Å². The van der Waals surface area contributed by atoms with Gasteiger partial charge in [-0.2, -0.15) is 13.2 Å². The maximum atomic E-state index is 12.5. The zero-order valence-electron chi connectivity index (χ0n) is 9.42. The van der Waals surface area contributed by atoms with Gasteiger partial charge in [0.25, 0.3) is 0 Å². The van der Waals surface area contributed by atoms with Crippen LogP contribution < -0.4 is 5.73 Å². The van der Waals surface area contributed by atoms with Gasteiger partial charge in [-0.1, -0.05) is 11.6 Å². The van der Waals surface area contributed by atoms with Crippen molar-refractivity contribution in [3.8, 4) is 0 Å². The van der Waals surface area contributed by atoms with E-state index < -0.39 is 23.8 Å². The van der Waals surface area contributed by atoms with Crippen LogP contribution >= 0.6 is 11.6 Å². The molecular formula is C11H11ClF3NO2. The summed E-state index contributed by atoms with van der Waals surface area (Å²) in [6.07, 6.45) is -4.72. The fraction of sp³-hybridized carbons (Fsp3) is 0.364. The molecule has 0 spiro atoms. The molecule has 1 aromatic rings. The molecule has 0 aliphatic heterocycles. The molecular weight excluding hydrogens is 271 g/mol. The quantitative estimate of drug-likeness (QED) is 0.867. The molecule has 7 heteroatoms. The van der Waals surface area contributed by atoms with Crippen molar-refractivity contribution in [1.29, 1.82) is 0 Å². The molecule has 100 valence electrons. The molecule has 2 N–H and O–H groups in total. The Hall–Kier alpha value is -1.27. The van der Waals surface area contributed by atoms with Crippen molar-refractivity contribution in [2.45, 2.75) is 18.6 Å². The Labute approximate surface area is 107 Å². The van der Waals surface area contributed by atoms with E-state index in [2.05, 4.69) is 4.74 Å². The zero-order valence-corrected chi connectivity index (χ0v) is 10.2. The first kappa shape index (κ1) is 14.8. The summed E-state index contributed by atoms with van der Waals surface area (Å²) in [5.74, 6) is -0.615. The molecule has 1 atom stereocenters. The van der Waals surface area contributed by atoms with E-state index in [0.717, 1.165) is 18.2 Å². The van der Waals surface area contributed by atoms with Crippen molar-refractivity contribution >= 4 is 17.6 Å². The van der Waals surface area contributed by atoms with Crippen molar-refractivity contribution < 1.29 is 22.7 Å². The van der Waals surface area contributed by atoms with Gasteiger partial charge >= 0.3 is 12.1 Å². The van der Waals surface area contributed by atoms with E-state index in [1.54, 1.807) is 0 Å². The number of benzene rings is 1. The predicted molar refractivity (Wildman–Crippen MR) is 60.0 cm³/mol. The van der Waals surface area contributed by atoms with E-state index >= 15 is 0 Å². The third kappa shape index (κ3) is 3.61. The number of ether oxygens (including phenoxy) is 1. The SMILES string of the molecule is COC(=O)CC(N)c1cc(C(F)(F)F)ccc1Cl.